The number of amides is 1. The van der Waals surface area contributed by atoms with E-state index in [4.69, 9.17) is 9.47 Å². The molecule has 5 rings (SSSR count). The van der Waals surface area contributed by atoms with Gasteiger partial charge in [-0.15, -0.1) is 0 Å². The molecule has 0 unspecified atom stereocenters. The van der Waals surface area contributed by atoms with Crippen LogP contribution in [0.5, 0.6) is 11.5 Å². The van der Waals surface area contributed by atoms with Crippen molar-refractivity contribution in [2.24, 2.45) is 0 Å². The van der Waals surface area contributed by atoms with Gasteiger partial charge in [-0.3, -0.25) is 14.2 Å². The standard InChI is InChI=1S/C30H34FN5O4S/c1-30(2,31)28-34-26-24(27(38)36(28)18-20-13-14-21(39-3)16-23(20)40-4)33-29(41-26)35-15-9-8-12-22(35)25(37)32-17-19-10-6-5-7-11-19/h5-7,10-11,13-14,16,22H,8-9,12,15,17-18H2,1-4H3,(H,32,37)/t22-/m1/s1. The lowest BCUT2D eigenvalue weighted by Gasteiger charge is -2.34. The number of nitrogens with zero attached hydrogens (tertiary/aromatic N) is 4. The van der Waals surface area contributed by atoms with Crippen LogP contribution < -0.4 is 25.2 Å². The van der Waals surface area contributed by atoms with E-state index in [9.17, 15) is 9.59 Å². The van der Waals surface area contributed by atoms with Gasteiger partial charge in [-0.2, -0.15) is 0 Å². The molecule has 216 valence electrons. The maximum absolute atomic E-state index is 15.5. The Bertz CT molecular complexity index is 1600. The molecule has 41 heavy (non-hydrogen) atoms. The van der Waals surface area contributed by atoms with Crippen molar-refractivity contribution in [3.63, 3.8) is 0 Å². The zero-order valence-corrected chi connectivity index (χ0v) is 24.5. The molecule has 1 aliphatic heterocycles. The number of nitrogens with one attached hydrogen (secondary N) is 1. The third-order valence-electron chi connectivity index (χ3n) is 7.22. The summed E-state index contributed by atoms with van der Waals surface area (Å²) < 4.78 is 27.6. The van der Waals surface area contributed by atoms with Gasteiger partial charge in [0.25, 0.3) is 5.56 Å². The molecule has 1 N–H and O–H groups in total. The number of carbonyl (C=O) groups is 1. The number of hydrogen-bond donors (Lipinski definition) is 1. The van der Waals surface area contributed by atoms with Crippen molar-refractivity contribution in [2.75, 3.05) is 25.7 Å². The lowest BCUT2D eigenvalue weighted by Crippen LogP contribution is -2.49. The maximum atomic E-state index is 15.5. The zero-order valence-electron chi connectivity index (χ0n) is 23.6. The SMILES string of the molecule is COc1ccc(Cn2c(C(C)(C)F)nc3sc(N4CCCC[C@@H]4C(=O)NCc4ccccc4)nc3c2=O)c(OC)c1. The van der Waals surface area contributed by atoms with Crippen LogP contribution in [0.2, 0.25) is 0 Å². The molecule has 0 spiro atoms. The lowest BCUT2D eigenvalue weighted by atomic mass is 10.0. The number of carbonyl (C=O) groups excluding carboxylic acids is 1. The van der Waals surface area contributed by atoms with Crippen molar-refractivity contribution < 1.29 is 18.7 Å². The number of alkyl halides is 1. The number of benzene rings is 2. The largest absolute Gasteiger partial charge is 0.497 e. The van der Waals surface area contributed by atoms with Gasteiger partial charge in [0.05, 0.1) is 20.8 Å². The molecule has 2 aromatic heterocycles. The summed E-state index contributed by atoms with van der Waals surface area (Å²) in [4.78, 5) is 38.7. The predicted molar refractivity (Wildman–Crippen MR) is 158 cm³/mol. The number of anilines is 1. The van der Waals surface area contributed by atoms with Crippen LogP contribution in [0.4, 0.5) is 9.52 Å². The van der Waals surface area contributed by atoms with Gasteiger partial charge in [-0.25, -0.2) is 14.4 Å². The van der Waals surface area contributed by atoms with Gasteiger partial charge in [-0.05, 0) is 50.8 Å². The number of piperidine rings is 1. The fraction of sp³-hybridized carbons (Fsp3) is 0.400. The van der Waals surface area contributed by atoms with E-state index in [2.05, 4.69) is 15.3 Å². The molecular weight excluding hydrogens is 545 g/mol. The molecule has 1 fully saturated rings. The van der Waals surface area contributed by atoms with Gasteiger partial charge in [-0.1, -0.05) is 41.7 Å². The molecule has 1 atom stereocenters. The molecule has 0 aliphatic carbocycles. The average Bonchev–Trinajstić information content (AvgIpc) is 3.42. The Morgan fingerprint density at radius 1 is 1.12 bits per heavy atom. The highest BCUT2D eigenvalue weighted by Crippen LogP contribution is 2.34. The van der Waals surface area contributed by atoms with Crippen molar-refractivity contribution in [1.29, 1.82) is 0 Å². The second-order valence-electron chi connectivity index (χ2n) is 10.5. The Balaban J connectivity index is 1.50. The minimum atomic E-state index is -1.90. The number of ether oxygens (including phenoxy) is 2. The lowest BCUT2D eigenvalue weighted by molar-refractivity contribution is -0.123. The molecule has 1 saturated heterocycles. The first-order chi connectivity index (χ1) is 19.7. The third kappa shape index (κ3) is 6.04. The number of fused-ring (bicyclic) bond motifs is 1. The van der Waals surface area contributed by atoms with Gasteiger partial charge >= 0.3 is 0 Å². The maximum Gasteiger partial charge on any atom is 0.281 e. The van der Waals surface area contributed by atoms with Crippen LogP contribution in [0.25, 0.3) is 10.3 Å². The van der Waals surface area contributed by atoms with Crippen molar-refractivity contribution >= 4 is 32.7 Å². The number of thiazole rings is 1. The topological polar surface area (TPSA) is 98.6 Å². The molecular formula is C30H34FN5O4S. The van der Waals surface area contributed by atoms with E-state index in [1.165, 1.54) is 36.9 Å². The van der Waals surface area contributed by atoms with Crippen LogP contribution >= 0.6 is 11.3 Å². The summed E-state index contributed by atoms with van der Waals surface area (Å²) in [6, 6.07) is 14.6. The number of halogens is 1. The third-order valence-corrected chi connectivity index (χ3v) is 8.21. The van der Waals surface area contributed by atoms with Crippen molar-refractivity contribution in [1.82, 2.24) is 19.9 Å². The van der Waals surface area contributed by atoms with Gasteiger partial charge < -0.3 is 19.7 Å². The van der Waals surface area contributed by atoms with E-state index in [1.807, 2.05) is 35.2 Å². The summed E-state index contributed by atoms with van der Waals surface area (Å²) in [6.07, 6.45) is 2.49. The van der Waals surface area contributed by atoms with Crippen molar-refractivity contribution in [2.45, 2.75) is 57.9 Å². The predicted octanol–water partition coefficient (Wildman–Crippen LogP) is 4.80. The smallest absolute Gasteiger partial charge is 0.281 e. The first-order valence-corrected chi connectivity index (χ1v) is 14.4. The van der Waals surface area contributed by atoms with E-state index in [1.54, 1.807) is 25.3 Å². The van der Waals surface area contributed by atoms with E-state index < -0.39 is 17.3 Å². The van der Waals surface area contributed by atoms with E-state index in [0.717, 1.165) is 18.4 Å². The van der Waals surface area contributed by atoms with Crippen molar-refractivity contribution in [3.8, 4) is 11.5 Å². The summed E-state index contributed by atoms with van der Waals surface area (Å²) in [7, 11) is 3.08. The second-order valence-corrected chi connectivity index (χ2v) is 11.5. The molecule has 4 aromatic rings. The van der Waals surface area contributed by atoms with Crippen molar-refractivity contribution in [3.05, 3.63) is 75.8 Å². The van der Waals surface area contributed by atoms with Gasteiger partial charge in [0.15, 0.2) is 27.0 Å². The average molecular weight is 580 g/mol. The van der Waals surface area contributed by atoms with Gasteiger partial charge in [0.2, 0.25) is 5.91 Å². The van der Waals surface area contributed by atoms with E-state index in [-0.39, 0.29) is 23.8 Å². The molecule has 9 nitrogen and oxygen atoms in total. The number of methoxy groups -OCH3 is 2. The van der Waals surface area contributed by atoms with Crippen LogP contribution in [-0.4, -0.2) is 47.2 Å². The highest BCUT2D eigenvalue weighted by atomic mass is 32.1. The molecule has 3 heterocycles. The summed E-state index contributed by atoms with van der Waals surface area (Å²) in [5.41, 5.74) is -0.508. The Morgan fingerprint density at radius 2 is 1.90 bits per heavy atom. The molecule has 1 aliphatic rings. The summed E-state index contributed by atoms with van der Waals surface area (Å²) >= 11 is 1.21. The molecule has 11 heteroatoms. The van der Waals surface area contributed by atoms with Gasteiger partial charge in [0.1, 0.15) is 17.5 Å². The van der Waals surface area contributed by atoms with Crippen LogP contribution in [0.15, 0.2) is 53.3 Å². The van der Waals surface area contributed by atoms with Crippen LogP contribution in [0.1, 0.15) is 50.1 Å². The molecule has 0 saturated carbocycles. The fourth-order valence-electron chi connectivity index (χ4n) is 5.11. The molecule has 0 bridgehead atoms. The zero-order chi connectivity index (χ0) is 29.1. The van der Waals surface area contributed by atoms with E-state index >= 15 is 4.39 Å². The summed E-state index contributed by atoms with van der Waals surface area (Å²) in [6.45, 7) is 3.85. The number of rotatable bonds is 9. The minimum absolute atomic E-state index is 0.00105. The quantitative estimate of drug-likeness (QED) is 0.304. The highest BCUT2D eigenvalue weighted by Gasteiger charge is 2.33. The number of aromatic nitrogens is 3. The fourth-order valence-corrected chi connectivity index (χ4v) is 6.12. The Morgan fingerprint density at radius 3 is 2.61 bits per heavy atom. The summed E-state index contributed by atoms with van der Waals surface area (Å²) in [5, 5.41) is 3.58. The van der Waals surface area contributed by atoms with Gasteiger partial charge in [0, 0.05) is 24.7 Å². The number of hydrogen-bond acceptors (Lipinski definition) is 8. The summed E-state index contributed by atoms with van der Waals surface area (Å²) in [5.74, 6) is 1.02. The molecule has 1 amide bonds. The first kappa shape index (κ1) is 28.5. The molecule has 2 aromatic carbocycles. The molecule has 0 radical (unpaired) electrons. The van der Waals surface area contributed by atoms with Crippen LogP contribution in [-0.2, 0) is 23.6 Å². The van der Waals surface area contributed by atoms with E-state index in [0.29, 0.717) is 46.5 Å². The Kier molecular flexibility index (Phi) is 8.25. The minimum Gasteiger partial charge on any atom is -0.497 e. The second kappa shape index (κ2) is 11.9. The first-order valence-electron chi connectivity index (χ1n) is 13.6. The Hall–Kier alpha value is -3.99. The normalized spacial score (nSPS) is 15.6. The highest BCUT2D eigenvalue weighted by molar-refractivity contribution is 7.21. The Labute approximate surface area is 242 Å². The van der Waals surface area contributed by atoms with Crippen LogP contribution in [0, 0.1) is 0 Å². The van der Waals surface area contributed by atoms with Crippen LogP contribution in [0.3, 0.4) is 0 Å². The monoisotopic (exact) mass is 579 g/mol.